The molecule has 77 heavy (non-hydrogen) atoms. The van der Waals surface area contributed by atoms with Crippen molar-refractivity contribution in [3.63, 3.8) is 0 Å². The van der Waals surface area contributed by atoms with Gasteiger partial charge >= 0.3 is 7.12 Å². The third-order valence-corrected chi connectivity index (χ3v) is 14.6. The van der Waals surface area contributed by atoms with E-state index in [0.29, 0.717) is 41.4 Å². The predicted octanol–water partition coefficient (Wildman–Crippen LogP) is 18.4. The van der Waals surface area contributed by atoms with Crippen LogP contribution in [0.2, 0.25) is 0 Å². The van der Waals surface area contributed by atoms with Gasteiger partial charge in [0.2, 0.25) is 0 Å². The van der Waals surface area contributed by atoms with Gasteiger partial charge in [0.15, 0.2) is 23.3 Å². The molecule has 0 aromatic heterocycles. The lowest BCUT2D eigenvalue weighted by Gasteiger charge is -2.13. The molecule has 2 atom stereocenters. The van der Waals surface area contributed by atoms with Gasteiger partial charge in [-0.1, -0.05) is 156 Å². The molecule has 0 aliphatic heterocycles. The van der Waals surface area contributed by atoms with Crippen LogP contribution in [0.3, 0.4) is 0 Å². The Labute approximate surface area is 461 Å². The first-order valence-corrected chi connectivity index (χ1v) is 26.2. The van der Waals surface area contributed by atoms with Gasteiger partial charge in [0.05, 0.1) is 3.57 Å². The first-order valence-electron chi connectivity index (χ1n) is 25.1. The Hall–Kier alpha value is -6.16. The van der Waals surface area contributed by atoms with E-state index in [2.05, 4.69) is 13.8 Å². The van der Waals surface area contributed by atoms with E-state index in [1.807, 2.05) is 76.2 Å². The van der Waals surface area contributed by atoms with Crippen molar-refractivity contribution in [2.45, 2.75) is 94.4 Å². The molecule has 0 aliphatic carbocycles. The van der Waals surface area contributed by atoms with Crippen LogP contribution in [0.1, 0.15) is 88.6 Å². The molecule has 0 amide bonds. The molecule has 0 heterocycles. The van der Waals surface area contributed by atoms with E-state index in [9.17, 15) is 30.7 Å². The molecule has 0 radical (unpaired) electrons. The first kappa shape index (κ1) is 61.7. The Morgan fingerprint density at radius 1 is 0.416 bits per heavy atom. The molecule has 0 saturated heterocycles. The van der Waals surface area contributed by atoms with Gasteiger partial charge in [0.25, 0.3) is 0 Å². The molecule has 0 spiro atoms. The summed E-state index contributed by atoms with van der Waals surface area (Å²) in [5.74, 6) is -6.88. The Kier molecular flexibility index (Phi) is 22.4. The van der Waals surface area contributed by atoms with Gasteiger partial charge in [-0.05, 0) is 162 Å². The zero-order valence-electron chi connectivity index (χ0n) is 43.4. The fourth-order valence-electron chi connectivity index (χ4n) is 8.49. The van der Waals surface area contributed by atoms with Crippen molar-refractivity contribution in [3.05, 3.63) is 217 Å². The second-order valence-corrected chi connectivity index (χ2v) is 20.5. The number of hydrogen-bond acceptors (Lipinski definition) is 2. The molecule has 0 fully saturated rings. The van der Waals surface area contributed by atoms with Crippen LogP contribution in [0.4, 0.5) is 39.5 Å². The fourth-order valence-corrected chi connectivity index (χ4v) is 8.90. The van der Waals surface area contributed by atoms with E-state index < -0.39 is 53.7 Å². The maximum atomic E-state index is 15.1. The predicted molar refractivity (Wildman–Crippen MR) is 305 cm³/mol. The quantitative estimate of drug-likeness (QED) is 0.0493. The molecule has 2 nitrogen and oxygen atoms in total. The van der Waals surface area contributed by atoms with Gasteiger partial charge in [0, 0.05) is 33.4 Å². The average molecular weight is 1170 g/mol. The van der Waals surface area contributed by atoms with Crippen molar-refractivity contribution >= 4 is 35.2 Å². The molecular formula is C64H63BF9IO2. The standard InChI is InChI=1S/C31H27F5.C19H12F3I.C13H20BFO2.CH4/c1-4-18(2)7-11-26-28(33)16-22(17-29(26)34)23-13-14-25(31(36)30(23)35)24-12-10-21(15-27(24)32)20-8-5-19(3)6-9-20;1-11-2-4-12(5-3-11)13-6-7-14(16(20)10-13)15-8-9-17(23)19(22)18(15)21;1-4-9(2)5-6-12-10(3)7-11(14(16)17)8-13(12)15;/h5-6,8-10,12-18H,4,7,11H2,1-3H3;2-10H,1H3;7-9,16-17H,4-6H2,1-3H3;1H4/t18-;;9-;/m0.0./s1. The first-order chi connectivity index (χ1) is 36.1. The van der Waals surface area contributed by atoms with Gasteiger partial charge in [0.1, 0.15) is 29.1 Å². The van der Waals surface area contributed by atoms with Gasteiger partial charge < -0.3 is 10.0 Å². The number of rotatable bonds is 14. The van der Waals surface area contributed by atoms with Crippen molar-refractivity contribution in [3.8, 4) is 55.6 Å². The Morgan fingerprint density at radius 2 is 0.779 bits per heavy atom. The zero-order chi connectivity index (χ0) is 55.5. The molecule has 8 rings (SSSR count). The molecule has 13 heteroatoms. The van der Waals surface area contributed by atoms with Gasteiger partial charge in [-0.3, -0.25) is 0 Å². The van der Waals surface area contributed by atoms with Crippen molar-refractivity contribution < 1.29 is 49.6 Å². The van der Waals surface area contributed by atoms with E-state index in [1.54, 1.807) is 47.7 Å². The summed E-state index contributed by atoms with van der Waals surface area (Å²) in [6.45, 7) is 14.0. The average Bonchev–Trinajstić information content (AvgIpc) is 3.40. The SMILES string of the molecule is C.CC[C@H](C)CCc1c(C)cc(B(O)O)cc1F.CC[C@H](C)CCc1c(F)cc(-c2ccc(-c3ccc(-c4ccc(C)cc4)cc3F)c(F)c2F)cc1F.Cc1ccc(-c2ccc(-c3ccc(I)c(F)c3F)c(F)c2)cc1. The van der Waals surface area contributed by atoms with Crippen LogP contribution in [0.15, 0.2) is 133 Å². The smallest absolute Gasteiger partial charge is 0.423 e. The topological polar surface area (TPSA) is 40.5 Å². The maximum absolute atomic E-state index is 15.1. The molecule has 0 aliphatic rings. The van der Waals surface area contributed by atoms with Gasteiger partial charge in [-0.25, -0.2) is 39.5 Å². The van der Waals surface area contributed by atoms with Crippen LogP contribution < -0.4 is 5.46 Å². The van der Waals surface area contributed by atoms with Crippen molar-refractivity contribution in [1.29, 1.82) is 0 Å². The van der Waals surface area contributed by atoms with Crippen LogP contribution in [-0.2, 0) is 12.8 Å². The molecule has 0 bridgehead atoms. The third-order valence-electron chi connectivity index (χ3n) is 13.8. The zero-order valence-corrected chi connectivity index (χ0v) is 45.5. The summed E-state index contributed by atoms with van der Waals surface area (Å²) in [5.41, 5.74) is 5.97. The number of hydrogen-bond donors (Lipinski definition) is 2. The van der Waals surface area contributed by atoms with Crippen LogP contribution >= 0.6 is 22.6 Å². The number of aryl methyl sites for hydroxylation is 3. The summed E-state index contributed by atoms with van der Waals surface area (Å²) in [6, 6.07) is 34.2. The van der Waals surface area contributed by atoms with Crippen molar-refractivity contribution in [2.24, 2.45) is 11.8 Å². The largest absolute Gasteiger partial charge is 0.488 e. The lowest BCUT2D eigenvalue weighted by molar-refractivity contribution is 0.425. The Bertz CT molecular complexity index is 3240. The highest BCUT2D eigenvalue weighted by Gasteiger charge is 2.22. The van der Waals surface area contributed by atoms with Crippen LogP contribution in [0.25, 0.3) is 55.6 Å². The van der Waals surface area contributed by atoms with Gasteiger partial charge in [-0.2, -0.15) is 0 Å². The summed E-state index contributed by atoms with van der Waals surface area (Å²) >= 11 is 1.70. The summed E-state index contributed by atoms with van der Waals surface area (Å²) in [5, 5.41) is 18.0. The van der Waals surface area contributed by atoms with Crippen molar-refractivity contribution in [2.75, 3.05) is 0 Å². The molecule has 404 valence electrons. The molecule has 8 aromatic rings. The molecular weight excluding hydrogens is 1110 g/mol. The highest BCUT2D eigenvalue weighted by molar-refractivity contribution is 14.1. The molecule has 0 saturated carbocycles. The summed E-state index contributed by atoms with van der Waals surface area (Å²) < 4.78 is 131. The summed E-state index contributed by atoms with van der Waals surface area (Å²) in [6.07, 6.45) is 4.49. The fraction of sp³-hybridized carbons (Fsp3) is 0.250. The third kappa shape index (κ3) is 15.5. The lowest BCUT2D eigenvalue weighted by atomic mass is 9.78. The highest BCUT2D eigenvalue weighted by Crippen LogP contribution is 2.36. The lowest BCUT2D eigenvalue weighted by Crippen LogP contribution is -2.30. The van der Waals surface area contributed by atoms with Crippen LogP contribution in [0.5, 0.6) is 0 Å². The number of halogens is 10. The van der Waals surface area contributed by atoms with Crippen LogP contribution in [-0.4, -0.2) is 17.2 Å². The van der Waals surface area contributed by atoms with Crippen molar-refractivity contribution in [1.82, 2.24) is 0 Å². The Balaban J connectivity index is 0.000000229. The summed E-state index contributed by atoms with van der Waals surface area (Å²) in [4.78, 5) is 0. The molecule has 0 unspecified atom stereocenters. The van der Waals surface area contributed by atoms with E-state index in [1.165, 1.54) is 54.6 Å². The summed E-state index contributed by atoms with van der Waals surface area (Å²) in [7, 11) is -1.60. The molecule has 8 aromatic carbocycles. The van der Waals surface area contributed by atoms with E-state index >= 15 is 8.78 Å². The monoisotopic (exact) mass is 1170 g/mol. The van der Waals surface area contributed by atoms with E-state index in [4.69, 9.17) is 10.0 Å². The minimum atomic E-state index is -1.60. The second-order valence-electron chi connectivity index (χ2n) is 19.3. The maximum Gasteiger partial charge on any atom is 0.488 e. The molecule has 2 N–H and O–H groups in total. The normalized spacial score (nSPS) is 11.7. The van der Waals surface area contributed by atoms with E-state index in [0.717, 1.165) is 59.2 Å². The van der Waals surface area contributed by atoms with E-state index in [-0.39, 0.29) is 67.6 Å². The minimum Gasteiger partial charge on any atom is -0.423 e. The minimum absolute atomic E-state index is 0. The second kappa shape index (κ2) is 27.9. The highest BCUT2D eigenvalue weighted by atomic mass is 127. The Morgan fingerprint density at radius 3 is 1.21 bits per heavy atom. The number of benzene rings is 8. The van der Waals surface area contributed by atoms with Gasteiger partial charge in [-0.15, -0.1) is 0 Å². The van der Waals surface area contributed by atoms with Crippen LogP contribution in [0, 0.1) is 88.5 Å².